The molecule has 0 spiro atoms. The Morgan fingerprint density at radius 3 is 2.90 bits per heavy atom. The van der Waals surface area contributed by atoms with Crippen molar-refractivity contribution in [3.63, 3.8) is 0 Å². The number of nitrogens with zero attached hydrogens (tertiary/aromatic N) is 2. The van der Waals surface area contributed by atoms with E-state index in [9.17, 15) is 9.59 Å². The molecule has 0 saturated carbocycles. The van der Waals surface area contributed by atoms with Gasteiger partial charge in [0, 0.05) is 13.1 Å². The number of carbonyl (C=O) groups excluding carboxylic acids is 2. The van der Waals surface area contributed by atoms with Crippen molar-refractivity contribution in [2.24, 2.45) is 0 Å². The zero-order chi connectivity index (χ0) is 15.5. The van der Waals surface area contributed by atoms with Crippen molar-refractivity contribution >= 4 is 11.8 Å². The van der Waals surface area contributed by atoms with E-state index in [1.54, 1.807) is 38.1 Å². The van der Waals surface area contributed by atoms with Crippen molar-refractivity contribution in [3.05, 3.63) is 29.8 Å². The Bertz CT molecular complexity index is 604. The molecular formula is C15H17N3O3. The van der Waals surface area contributed by atoms with E-state index < -0.39 is 5.54 Å². The van der Waals surface area contributed by atoms with Gasteiger partial charge in [0.15, 0.2) is 6.61 Å². The fourth-order valence-corrected chi connectivity index (χ4v) is 2.24. The summed E-state index contributed by atoms with van der Waals surface area (Å²) in [5.41, 5.74) is -0.520. The van der Waals surface area contributed by atoms with E-state index in [0.29, 0.717) is 24.4 Å². The fourth-order valence-electron chi connectivity index (χ4n) is 2.24. The highest BCUT2D eigenvalue weighted by molar-refractivity contribution is 5.92. The minimum Gasteiger partial charge on any atom is -0.482 e. The number of hydrogen-bond donors (Lipinski definition) is 1. The Kier molecular flexibility index (Phi) is 4.13. The van der Waals surface area contributed by atoms with Gasteiger partial charge in [0.05, 0.1) is 5.56 Å². The predicted molar refractivity (Wildman–Crippen MR) is 75.5 cm³/mol. The van der Waals surface area contributed by atoms with Crippen molar-refractivity contribution in [1.29, 1.82) is 5.26 Å². The molecule has 2 amide bonds. The van der Waals surface area contributed by atoms with Crippen LogP contribution in [0.2, 0.25) is 0 Å². The first kappa shape index (κ1) is 14.9. The van der Waals surface area contributed by atoms with E-state index in [4.69, 9.17) is 10.00 Å². The van der Waals surface area contributed by atoms with E-state index in [1.165, 1.54) is 4.90 Å². The quantitative estimate of drug-likeness (QED) is 0.886. The zero-order valence-corrected chi connectivity index (χ0v) is 12.0. The number of benzene rings is 1. The summed E-state index contributed by atoms with van der Waals surface area (Å²) in [5.74, 6) is -0.0882. The fraction of sp³-hybridized carbons (Fsp3) is 0.400. The van der Waals surface area contributed by atoms with Gasteiger partial charge in [-0.1, -0.05) is 12.1 Å². The third-order valence-electron chi connectivity index (χ3n) is 3.51. The lowest BCUT2D eigenvalue weighted by Crippen LogP contribution is -2.64. The van der Waals surface area contributed by atoms with Crippen molar-refractivity contribution in [2.45, 2.75) is 19.4 Å². The molecule has 2 rings (SSSR count). The van der Waals surface area contributed by atoms with Crippen LogP contribution in [0.4, 0.5) is 0 Å². The van der Waals surface area contributed by atoms with Crippen LogP contribution in [0.1, 0.15) is 19.4 Å². The molecule has 0 radical (unpaired) electrons. The molecule has 0 unspecified atom stereocenters. The molecule has 110 valence electrons. The topological polar surface area (TPSA) is 82.4 Å². The van der Waals surface area contributed by atoms with Gasteiger partial charge in [0.1, 0.15) is 17.4 Å². The maximum absolute atomic E-state index is 12.3. The average Bonchev–Trinajstić information content (AvgIpc) is 2.47. The van der Waals surface area contributed by atoms with Gasteiger partial charge in [-0.05, 0) is 26.0 Å². The number of carbonyl (C=O) groups is 2. The molecule has 1 heterocycles. The highest BCUT2D eigenvalue weighted by Gasteiger charge is 2.40. The number of nitrogens with one attached hydrogen (secondary N) is 1. The Morgan fingerprint density at radius 2 is 2.19 bits per heavy atom. The molecule has 6 heteroatoms. The van der Waals surface area contributed by atoms with E-state index >= 15 is 0 Å². The summed E-state index contributed by atoms with van der Waals surface area (Å²) in [4.78, 5) is 25.6. The van der Waals surface area contributed by atoms with Crippen LogP contribution in [-0.2, 0) is 9.59 Å². The first-order chi connectivity index (χ1) is 9.96. The molecule has 1 saturated heterocycles. The molecule has 1 aromatic rings. The average molecular weight is 287 g/mol. The van der Waals surface area contributed by atoms with Crippen LogP contribution in [0.15, 0.2) is 24.3 Å². The van der Waals surface area contributed by atoms with Gasteiger partial charge in [-0.2, -0.15) is 5.26 Å². The summed E-state index contributed by atoms with van der Waals surface area (Å²) in [5, 5.41) is 11.7. The summed E-state index contributed by atoms with van der Waals surface area (Å²) in [6.45, 7) is 4.07. The number of hydrogen-bond acceptors (Lipinski definition) is 4. The number of nitriles is 1. The van der Waals surface area contributed by atoms with Gasteiger partial charge in [-0.25, -0.2) is 0 Å². The van der Waals surface area contributed by atoms with Gasteiger partial charge in [-0.15, -0.1) is 0 Å². The van der Waals surface area contributed by atoms with Crippen LogP contribution < -0.4 is 10.1 Å². The number of rotatable bonds is 3. The lowest BCUT2D eigenvalue weighted by molar-refractivity contribution is -0.150. The smallest absolute Gasteiger partial charge is 0.261 e. The lowest BCUT2D eigenvalue weighted by atomic mass is 9.99. The van der Waals surface area contributed by atoms with Crippen LogP contribution in [0.5, 0.6) is 5.75 Å². The highest BCUT2D eigenvalue weighted by Crippen LogP contribution is 2.20. The maximum Gasteiger partial charge on any atom is 0.261 e. The summed E-state index contributed by atoms with van der Waals surface area (Å²) in [7, 11) is 0. The van der Waals surface area contributed by atoms with Gasteiger partial charge < -0.3 is 15.0 Å². The van der Waals surface area contributed by atoms with Crippen LogP contribution in [0.3, 0.4) is 0 Å². The minimum absolute atomic E-state index is 0.181. The summed E-state index contributed by atoms with van der Waals surface area (Å²) < 4.78 is 5.43. The van der Waals surface area contributed by atoms with Crippen LogP contribution in [0, 0.1) is 11.3 Å². The monoisotopic (exact) mass is 287 g/mol. The Hall–Kier alpha value is -2.55. The maximum atomic E-state index is 12.3. The molecule has 0 atom stereocenters. The van der Waals surface area contributed by atoms with Crippen LogP contribution in [-0.4, -0.2) is 41.9 Å². The van der Waals surface area contributed by atoms with Gasteiger partial charge in [-0.3, -0.25) is 9.59 Å². The van der Waals surface area contributed by atoms with Gasteiger partial charge in [0.2, 0.25) is 5.91 Å². The Balaban J connectivity index is 2.05. The first-order valence-electron chi connectivity index (χ1n) is 6.67. The SMILES string of the molecule is CC1(C)C(=O)NCCN1C(=O)COc1ccccc1C#N. The second-order valence-electron chi connectivity index (χ2n) is 5.26. The molecule has 0 bridgehead atoms. The predicted octanol–water partition coefficient (Wildman–Crippen LogP) is 0.674. The number of piperazine rings is 1. The Labute approximate surface area is 123 Å². The second kappa shape index (κ2) is 5.83. The molecule has 1 aliphatic rings. The van der Waals surface area contributed by atoms with Crippen molar-refractivity contribution in [1.82, 2.24) is 10.2 Å². The molecule has 1 aromatic carbocycles. The molecule has 21 heavy (non-hydrogen) atoms. The van der Waals surface area contributed by atoms with Crippen LogP contribution >= 0.6 is 0 Å². The molecular weight excluding hydrogens is 270 g/mol. The summed E-state index contributed by atoms with van der Waals surface area (Å²) in [6, 6.07) is 8.73. The first-order valence-corrected chi connectivity index (χ1v) is 6.67. The van der Waals surface area contributed by atoms with Crippen molar-refractivity contribution in [3.8, 4) is 11.8 Å². The standard InChI is InChI=1S/C15H17N3O3/c1-15(2)14(20)17-7-8-18(15)13(19)10-21-12-6-4-3-5-11(12)9-16/h3-6H,7-8,10H2,1-2H3,(H,17,20). The highest BCUT2D eigenvalue weighted by atomic mass is 16.5. The molecule has 1 N–H and O–H groups in total. The largest absolute Gasteiger partial charge is 0.482 e. The van der Waals surface area contributed by atoms with Crippen LogP contribution in [0.25, 0.3) is 0 Å². The zero-order valence-electron chi connectivity index (χ0n) is 12.0. The second-order valence-corrected chi connectivity index (χ2v) is 5.26. The Morgan fingerprint density at radius 1 is 1.48 bits per heavy atom. The molecule has 1 fully saturated rings. The molecule has 1 aliphatic heterocycles. The lowest BCUT2D eigenvalue weighted by Gasteiger charge is -2.41. The minimum atomic E-state index is -0.895. The number of ether oxygens (including phenoxy) is 1. The number of para-hydroxylation sites is 1. The molecule has 0 aliphatic carbocycles. The van der Waals surface area contributed by atoms with Crippen molar-refractivity contribution in [2.75, 3.05) is 19.7 Å². The summed E-state index contributed by atoms with van der Waals surface area (Å²) in [6.07, 6.45) is 0. The summed E-state index contributed by atoms with van der Waals surface area (Å²) >= 11 is 0. The van der Waals surface area contributed by atoms with E-state index in [0.717, 1.165) is 0 Å². The van der Waals surface area contributed by atoms with Gasteiger partial charge in [0.25, 0.3) is 5.91 Å². The third kappa shape index (κ3) is 2.97. The van der Waals surface area contributed by atoms with E-state index in [1.807, 2.05) is 6.07 Å². The third-order valence-corrected chi connectivity index (χ3v) is 3.51. The van der Waals surface area contributed by atoms with Gasteiger partial charge >= 0.3 is 0 Å². The van der Waals surface area contributed by atoms with E-state index in [-0.39, 0.29) is 18.4 Å². The van der Waals surface area contributed by atoms with Crippen molar-refractivity contribution < 1.29 is 14.3 Å². The normalized spacial score (nSPS) is 16.8. The molecule has 0 aromatic heterocycles. The number of amides is 2. The molecule has 6 nitrogen and oxygen atoms in total. The van der Waals surface area contributed by atoms with E-state index in [2.05, 4.69) is 5.32 Å².